The van der Waals surface area contributed by atoms with Crippen LogP contribution in [0.1, 0.15) is 53.4 Å². The predicted octanol–water partition coefficient (Wildman–Crippen LogP) is 2.48. The summed E-state index contributed by atoms with van der Waals surface area (Å²) >= 11 is 0. The molecule has 0 aromatic rings. The van der Waals surface area contributed by atoms with E-state index in [1.54, 1.807) is 0 Å². The van der Waals surface area contributed by atoms with Gasteiger partial charge in [-0.2, -0.15) is 0 Å². The summed E-state index contributed by atoms with van der Waals surface area (Å²) in [5.74, 6) is 1.64. The van der Waals surface area contributed by atoms with Crippen LogP contribution in [0, 0.1) is 5.92 Å². The molecule has 0 amide bonds. The first-order valence-electron chi connectivity index (χ1n) is 9.50. The van der Waals surface area contributed by atoms with Crippen LogP contribution >= 0.6 is 0 Å². The Morgan fingerprint density at radius 2 is 1.96 bits per heavy atom. The summed E-state index contributed by atoms with van der Waals surface area (Å²) in [5.41, 5.74) is 0. The molecule has 1 rings (SSSR count). The minimum absolute atomic E-state index is 0.544. The lowest BCUT2D eigenvalue weighted by atomic mass is 10.1. The third-order valence-electron chi connectivity index (χ3n) is 4.16. The van der Waals surface area contributed by atoms with E-state index in [-0.39, 0.29) is 0 Å². The zero-order valence-electron chi connectivity index (χ0n) is 15.7. The predicted molar refractivity (Wildman–Crippen MR) is 99.1 cm³/mol. The van der Waals surface area contributed by atoms with Crippen LogP contribution in [-0.2, 0) is 4.74 Å². The SMILES string of the molecule is CCCN1CCC(NC(=NCCOCCC(C)C)NCC)CC1. The summed E-state index contributed by atoms with van der Waals surface area (Å²) in [4.78, 5) is 7.20. The summed E-state index contributed by atoms with van der Waals surface area (Å²) in [6.45, 7) is 15.6. The van der Waals surface area contributed by atoms with Gasteiger partial charge in [0.2, 0.25) is 0 Å². The first kappa shape index (κ1) is 20.2. The van der Waals surface area contributed by atoms with E-state index >= 15 is 0 Å². The van der Waals surface area contributed by atoms with E-state index in [2.05, 4.69) is 48.2 Å². The molecule has 0 atom stereocenters. The molecule has 0 aromatic heterocycles. The first-order valence-corrected chi connectivity index (χ1v) is 9.50. The van der Waals surface area contributed by atoms with Gasteiger partial charge in [-0.05, 0) is 45.1 Å². The first-order chi connectivity index (χ1) is 11.2. The molecule has 5 heteroatoms. The van der Waals surface area contributed by atoms with Crippen molar-refractivity contribution in [2.75, 3.05) is 45.9 Å². The second kappa shape index (κ2) is 12.6. The number of nitrogens with zero attached hydrogens (tertiary/aromatic N) is 2. The van der Waals surface area contributed by atoms with Gasteiger partial charge in [-0.25, -0.2) is 0 Å². The van der Waals surface area contributed by atoms with E-state index in [0.717, 1.165) is 32.1 Å². The van der Waals surface area contributed by atoms with Gasteiger partial charge in [0.05, 0.1) is 13.2 Å². The Morgan fingerprint density at radius 3 is 2.57 bits per heavy atom. The van der Waals surface area contributed by atoms with Gasteiger partial charge in [0, 0.05) is 32.3 Å². The van der Waals surface area contributed by atoms with Gasteiger partial charge in [0.15, 0.2) is 5.96 Å². The van der Waals surface area contributed by atoms with Gasteiger partial charge < -0.3 is 20.3 Å². The summed E-state index contributed by atoms with van der Waals surface area (Å²) < 4.78 is 5.63. The van der Waals surface area contributed by atoms with Crippen LogP contribution < -0.4 is 10.6 Å². The van der Waals surface area contributed by atoms with E-state index in [9.17, 15) is 0 Å². The Labute approximate surface area is 143 Å². The van der Waals surface area contributed by atoms with Crippen LogP contribution in [0.25, 0.3) is 0 Å². The van der Waals surface area contributed by atoms with E-state index in [0.29, 0.717) is 18.6 Å². The Kier molecular flexibility index (Phi) is 11.1. The molecule has 1 aliphatic rings. The second-order valence-corrected chi connectivity index (χ2v) is 6.82. The van der Waals surface area contributed by atoms with E-state index in [1.807, 2.05) is 0 Å². The maximum Gasteiger partial charge on any atom is 0.191 e. The monoisotopic (exact) mass is 326 g/mol. The van der Waals surface area contributed by atoms with Gasteiger partial charge in [0.1, 0.15) is 0 Å². The number of hydrogen-bond acceptors (Lipinski definition) is 3. The molecule has 5 nitrogen and oxygen atoms in total. The third kappa shape index (κ3) is 9.82. The van der Waals surface area contributed by atoms with Crippen molar-refractivity contribution in [3.05, 3.63) is 0 Å². The Balaban J connectivity index is 2.24. The van der Waals surface area contributed by atoms with Crippen LogP contribution in [0.5, 0.6) is 0 Å². The largest absolute Gasteiger partial charge is 0.380 e. The van der Waals surface area contributed by atoms with Gasteiger partial charge in [-0.1, -0.05) is 20.8 Å². The van der Waals surface area contributed by atoms with E-state index in [4.69, 9.17) is 4.74 Å². The molecule has 2 N–H and O–H groups in total. The molecule has 0 aromatic carbocycles. The average molecular weight is 327 g/mol. The molecule has 0 spiro atoms. The van der Waals surface area contributed by atoms with E-state index in [1.165, 1.54) is 38.9 Å². The van der Waals surface area contributed by atoms with Gasteiger partial charge in [-0.15, -0.1) is 0 Å². The Bertz CT molecular complexity index is 312. The fourth-order valence-electron chi connectivity index (χ4n) is 2.77. The van der Waals surface area contributed by atoms with Gasteiger partial charge >= 0.3 is 0 Å². The number of ether oxygens (including phenoxy) is 1. The molecule has 0 aliphatic carbocycles. The van der Waals surface area contributed by atoms with E-state index < -0.39 is 0 Å². The van der Waals surface area contributed by atoms with Crippen LogP contribution in [0.3, 0.4) is 0 Å². The molecule has 1 fully saturated rings. The summed E-state index contributed by atoms with van der Waals surface area (Å²) in [6, 6.07) is 0.544. The van der Waals surface area contributed by atoms with Crippen LogP contribution in [0.4, 0.5) is 0 Å². The Hall–Kier alpha value is -0.810. The molecule has 0 radical (unpaired) electrons. The number of rotatable bonds is 10. The van der Waals surface area contributed by atoms with Crippen molar-refractivity contribution in [2.45, 2.75) is 59.4 Å². The number of hydrogen-bond donors (Lipinski definition) is 2. The molecule has 1 saturated heterocycles. The lowest BCUT2D eigenvalue weighted by Gasteiger charge is -2.32. The van der Waals surface area contributed by atoms with Gasteiger partial charge in [0.25, 0.3) is 0 Å². The lowest BCUT2D eigenvalue weighted by Crippen LogP contribution is -2.48. The number of guanidine groups is 1. The van der Waals surface area contributed by atoms with Crippen molar-refractivity contribution < 1.29 is 4.74 Å². The summed E-state index contributed by atoms with van der Waals surface area (Å²) in [5, 5.41) is 6.93. The van der Waals surface area contributed by atoms with Crippen molar-refractivity contribution >= 4 is 5.96 Å². The Morgan fingerprint density at radius 1 is 1.22 bits per heavy atom. The minimum atomic E-state index is 0.544. The summed E-state index contributed by atoms with van der Waals surface area (Å²) in [7, 11) is 0. The zero-order valence-corrected chi connectivity index (χ0v) is 15.7. The van der Waals surface area contributed by atoms with Crippen molar-refractivity contribution in [1.82, 2.24) is 15.5 Å². The third-order valence-corrected chi connectivity index (χ3v) is 4.16. The number of piperidine rings is 1. The lowest BCUT2D eigenvalue weighted by molar-refractivity contribution is 0.130. The summed E-state index contributed by atoms with van der Waals surface area (Å²) in [6.07, 6.45) is 4.78. The van der Waals surface area contributed by atoms with Crippen LogP contribution in [0.2, 0.25) is 0 Å². The molecular weight excluding hydrogens is 288 g/mol. The average Bonchev–Trinajstić information content (AvgIpc) is 2.52. The van der Waals surface area contributed by atoms with Crippen molar-refractivity contribution in [3.63, 3.8) is 0 Å². The highest BCUT2D eigenvalue weighted by molar-refractivity contribution is 5.80. The normalized spacial score (nSPS) is 17.7. The number of nitrogens with one attached hydrogen (secondary N) is 2. The van der Waals surface area contributed by atoms with Crippen molar-refractivity contribution in [1.29, 1.82) is 0 Å². The highest BCUT2D eigenvalue weighted by atomic mass is 16.5. The molecule has 1 heterocycles. The zero-order chi connectivity index (χ0) is 16.9. The fourth-order valence-corrected chi connectivity index (χ4v) is 2.77. The molecule has 136 valence electrons. The molecule has 0 bridgehead atoms. The fraction of sp³-hybridized carbons (Fsp3) is 0.944. The smallest absolute Gasteiger partial charge is 0.191 e. The topological polar surface area (TPSA) is 48.9 Å². The van der Waals surface area contributed by atoms with Crippen LogP contribution in [0.15, 0.2) is 4.99 Å². The van der Waals surface area contributed by atoms with Crippen LogP contribution in [-0.4, -0.2) is 62.8 Å². The highest BCUT2D eigenvalue weighted by Crippen LogP contribution is 2.10. The molecular formula is C18H38N4O. The second-order valence-electron chi connectivity index (χ2n) is 6.82. The minimum Gasteiger partial charge on any atom is -0.380 e. The standard InChI is InChI=1S/C18H38N4O/c1-5-11-22-12-7-17(8-13-22)21-18(19-6-2)20-10-15-23-14-9-16(3)4/h16-17H,5-15H2,1-4H3,(H2,19,20,21). The van der Waals surface area contributed by atoms with Crippen molar-refractivity contribution in [2.24, 2.45) is 10.9 Å². The number of likely N-dealkylation sites (tertiary alicyclic amines) is 1. The molecule has 0 unspecified atom stereocenters. The quantitative estimate of drug-likeness (QED) is 0.368. The number of aliphatic imine (C=N–C) groups is 1. The van der Waals surface area contributed by atoms with Gasteiger partial charge in [-0.3, -0.25) is 4.99 Å². The maximum absolute atomic E-state index is 5.63. The molecule has 0 saturated carbocycles. The highest BCUT2D eigenvalue weighted by Gasteiger charge is 2.19. The maximum atomic E-state index is 5.63. The molecule has 23 heavy (non-hydrogen) atoms. The molecule has 1 aliphatic heterocycles. The van der Waals surface area contributed by atoms with Crippen molar-refractivity contribution in [3.8, 4) is 0 Å².